The molecule has 0 unspecified atom stereocenters. The van der Waals surface area contributed by atoms with Crippen molar-refractivity contribution >= 4 is 69.1 Å². The van der Waals surface area contributed by atoms with Crippen molar-refractivity contribution in [1.82, 2.24) is 9.80 Å². The van der Waals surface area contributed by atoms with Crippen molar-refractivity contribution in [3.05, 3.63) is 93.0 Å². The minimum Gasteiger partial charge on any atom is -0.386 e. The molecular weight excluding hydrogens is 596 g/mol. The number of cyclic esters (lactones) is 4. The molecule has 0 bridgehead atoms. The zero-order valence-electron chi connectivity index (χ0n) is 23.6. The van der Waals surface area contributed by atoms with Gasteiger partial charge in [0.25, 0.3) is 23.6 Å². The van der Waals surface area contributed by atoms with E-state index in [0.29, 0.717) is 25.7 Å². The lowest BCUT2D eigenvalue weighted by Gasteiger charge is -2.45. The maximum atomic E-state index is 14.2. The van der Waals surface area contributed by atoms with Crippen LogP contribution in [0.25, 0.3) is 21.5 Å². The van der Waals surface area contributed by atoms with Gasteiger partial charge in [-0.3, -0.25) is 29.0 Å². The fraction of sp³-hybridized carbons (Fsp3) is 0.176. The van der Waals surface area contributed by atoms with Gasteiger partial charge >= 0.3 is 23.9 Å². The standard InChI is InChI=1S/C34H18N2O10/c37-27-13-5-9-17-25-18(32(42)45-31(17)41)10-6-14(23(13)25)28(38)35(27)21-3-1-2-4-22(21)36-29(39)15-7-11-19-26-20(34(44)46-33(19)43)12-8-16(24(15)26)30(36)40/h5-12,21-22H,1-4H2/t21-,22-/m1/s1. The highest BCUT2D eigenvalue weighted by Gasteiger charge is 2.49. The maximum absolute atomic E-state index is 14.2. The molecule has 0 radical (unpaired) electrons. The summed E-state index contributed by atoms with van der Waals surface area (Å²) in [6.45, 7) is 0. The number of nitrogens with zero attached hydrogens (tertiary/aromatic N) is 2. The van der Waals surface area contributed by atoms with Gasteiger partial charge in [-0.05, 0) is 61.4 Å². The molecule has 4 aromatic rings. The van der Waals surface area contributed by atoms with Crippen molar-refractivity contribution in [2.75, 3.05) is 0 Å². The van der Waals surface area contributed by atoms with Gasteiger partial charge in [0.05, 0.1) is 34.3 Å². The molecule has 9 rings (SSSR count). The predicted octanol–water partition coefficient (Wildman–Crippen LogP) is 3.82. The molecule has 1 aliphatic carbocycles. The molecule has 4 amide bonds. The largest absolute Gasteiger partial charge is 0.386 e. The minimum atomic E-state index is -0.880. The van der Waals surface area contributed by atoms with Gasteiger partial charge in [0.2, 0.25) is 0 Å². The third-order valence-electron chi connectivity index (χ3n) is 9.73. The lowest BCUT2D eigenvalue weighted by molar-refractivity contribution is 0.0241. The van der Waals surface area contributed by atoms with E-state index < -0.39 is 59.6 Å². The van der Waals surface area contributed by atoms with Crippen LogP contribution in [-0.4, -0.2) is 69.4 Å². The monoisotopic (exact) mass is 614 g/mol. The molecular formula is C34H18N2O10. The topological polar surface area (TPSA) is 162 Å². The summed E-state index contributed by atoms with van der Waals surface area (Å²) in [5.74, 6) is -6.18. The second-order valence-electron chi connectivity index (χ2n) is 11.9. The SMILES string of the molecule is O=C1OC(=O)c2ccc3c4c(ccc1c24)C(=O)N([C@@H]1CCCC[C@H]1N1C(=O)c2ccc4c5c(ccc(c25)C1=O)C(=O)OC4=O)C3=O. The zero-order valence-corrected chi connectivity index (χ0v) is 23.6. The molecule has 5 aliphatic rings. The normalized spacial score (nSPS) is 21.7. The van der Waals surface area contributed by atoms with E-state index in [9.17, 15) is 38.4 Å². The van der Waals surface area contributed by atoms with E-state index in [1.807, 2.05) is 0 Å². The van der Waals surface area contributed by atoms with Crippen molar-refractivity contribution in [3.63, 3.8) is 0 Å². The van der Waals surface area contributed by atoms with E-state index in [1.165, 1.54) is 48.5 Å². The Kier molecular flexibility index (Phi) is 5.03. The van der Waals surface area contributed by atoms with Crippen molar-refractivity contribution in [3.8, 4) is 0 Å². The van der Waals surface area contributed by atoms with Crippen LogP contribution in [-0.2, 0) is 9.47 Å². The van der Waals surface area contributed by atoms with Crippen LogP contribution >= 0.6 is 0 Å². The van der Waals surface area contributed by atoms with E-state index in [2.05, 4.69) is 0 Å². The van der Waals surface area contributed by atoms with Gasteiger partial charge in [-0.1, -0.05) is 12.8 Å². The molecule has 0 N–H and O–H groups in total. The summed E-state index contributed by atoms with van der Waals surface area (Å²) in [6.07, 6.45) is 1.88. The summed E-state index contributed by atoms with van der Waals surface area (Å²) in [7, 11) is 0. The molecule has 1 saturated carbocycles. The number of hydrogen-bond acceptors (Lipinski definition) is 10. The number of rotatable bonds is 2. The van der Waals surface area contributed by atoms with Gasteiger partial charge in [-0.2, -0.15) is 0 Å². The fourth-order valence-electron chi connectivity index (χ4n) is 7.77. The molecule has 2 atom stereocenters. The van der Waals surface area contributed by atoms with Crippen molar-refractivity contribution in [1.29, 1.82) is 0 Å². The molecule has 4 aromatic carbocycles. The average molecular weight is 615 g/mol. The Morgan fingerprint density at radius 2 is 0.630 bits per heavy atom. The Morgan fingerprint density at radius 1 is 0.391 bits per heavy atom. The minimum absolute atomic E-state index is 0.0677. The molecule has 224 valence electrons. The highest BCUT2D eigenvalue weighted by molar-refractivity contribution is 6.33. The summed E-state index contributed by atoms with van der Waals surface area (Å²) in [4.78, 5) is 109. The molecule has 4 heterocycles. The van der Waals surface area contributed by atoms with Crippen LogP contribution < -0.4 is 0 Å². The Balaban J connectivity index is 1.16. The first kappa shape index (κ1) is 26.4. The summed E-state index contributed by atoms with van der Waals surface area (Å²) in [5, 5.41) is 0.729. The molecule has 0 saturated heterocycles. The number of carbonyl (C=O) groups excluding carboxylic acids is 8. The summed E-state index contributed by atoms with van der Waals surface area (Å²) in [6, 6.07) is 9.46. The molecule has 0 aromatic heterocycles. The molecule has 0 spiro atoms. The van der Waals surface area contributed by atoms with E-state index >= 15 is 0 Å². The van der Waals surface area contributed by atoms with Gasteiger partial charge in [-0.15, -0.1) is 0 Å². The molecule has 1 fully saturated rings. The van der Waals surface area contributed by atoms with Crippen LogP contribution in [0, 0.1) is 0 Å². The van der Waals surface area contributed by atoms with Crippen LogP contribution in [0.1, 0.15) is 109 Å². The zero-order chi connectivity index (χ0) is 31.8. The molecule has 12 nitrogen and oxygen atoms in total. The Hall–Kier alpha value is -6.04. The first-order chi connectivity index (χ1) is 22.2. The van der Waals surface area contributed by atoms with Crippen LogP contribution in [0.5, 0.6) is 0 Å². The highest BCUT2D eigenvalue weighted by atomic mass is 16.6. The first-order valence-corrected chi connectivity index (χ1v) is 14.7. The summed E-state index contributed by atoms with van der Waals surface area (Å²) < 4.78 is 9.64. The van der Waals surface area contributed by atoms with Crippen LogP contribution in [0.2, 0.25) is 0 Å². The van der Waals surface area contributed by atoms with Crippen LogP contribution in [0.15, 0.2) is 48.5 Å². The summed E-state index contributed by atoms with van der Waals surface area (Å²) >= 11 is 0. The average Bonchev–Trinajstić information content (AvgIpc) is 3.04. The molecule has 46 heavy (non-hydrogen) atoms. The second-order valence-corrected chi connectivity index (χ2v) is 11.9. The number of amides is 4. The van der Waals surface area contributed by atoms with Gasteiger partial charge in [-0.25, -0.2) is 19.2 Å². The molecule has 4 aliphatic heterocycles. The fourth-order valence-corrected chi connectivity index (χ4v) is 7.77. The Bertz CT molecular complexity index is 2000. The number of esters is 4. The Morgan fingerprint density at radius 3 is 0.913 bits per heavy atom. The highest BCUT2D eigenvalue weighted by Crippen LogP contribution is 2.42. The van der Waals surface area contributed by atoms with E-state index in [4.69, 9.17) is 9.47 Å². The van der Waals surface area contributed by atoms with Gasteiger partial charge in [0, 0.05) is 43.8 Å². The molecule has 12 heteroatoms. The van der Waals surface area contributed by atoms with Crippen molar-refractivity contribution < 1.29 is 47.8 Å². The third kappa shape index (κ3) is 3.12. The summed E-state index contributed by atoms with van der Waals surface area (Å²) in [5.41, 5.74) is 0.713. The quantitative estimate of drug-likeness (QED) is 0.184. The van der Waals surface area contributed by atoms with E-state index in [-0.39, 0.29) is 66.1 Å². The van der Waals surface area contributed by atoms with Crippen LogP contribution in [0.3, 0.4) is 0 Å². The maximum Gasteiger partial charge on any atom is 0.346 e. The number of imide groups is 2. The Labute approximate surface area is 257 Å². The number of carbonyl (C=O) groups is 8. The number of ether oxygens (including phenoxy) is 2. The van der Waals surface area contributed by atoms with Crippen molar-refractivity contribution in [2.45, 2.75) is 37.8 Å². The van der Waals surface area contributed by atoms with Crippen molar-refractivity contribution in [2.24, 2.45) is 0 Å². The van der Waals surface area contributed by atoms with E-state index in [1.54, 1.807) is 0 Å². The van der Waals surface area contributed by atoms with Gasteiger partial charge in [0.1, 0.15) is 0 Å². The number of benzene rings is 4. The van der Waals surface area contributed by atoms with Gasteiger partial charge in [0.15, 0.2) is 0 Å². The predicted molar refractivity (Wildman–Crippen MR) is 154 cm³/mol. The van der Waals surface area contributed by atoms with E-state index in [0.717, 1.165) is 9.80 Å². The lowest BCUT2D eigenvalue weighted by Crippen LogP contribution is -2.61. The first-order valence-electron chi connectivity index (χ1n) is 14.7. The third-order valence-corrected chi connectivity index (χ3v) is 9.73. The number of hydrogen-bond donors (Lipinski definition) is 0. The smallest absolute Gasteiger partial charge is 0.346 e. The lowest BCUT2D eigenvalue weighted by atomic mass is 9.81. The van der Waals surface area contributed by atoms with Gasteiger partial charge < -0.3 is 9.47 Å². The van der Waals surface area contributed by atoms with Crippen LogP contribution in [0.4, 0.5) is 0 Å². The second kappa shape index (κ2) is 8.78.